The van der Waals surface area contributed by atoms with E-state index in [2.05, 4.69) is 10.6 Å². The van der Waals surface area contributed by atoms with Crippen molar-refractivity contribution in [1.82, 2.24) is 10.6 Å². The van der Waals surface area contributed by atoms with E-state index in [1.54, 1.807) is 0 Å². The van der Waals surface area contributed by atoms with Gasteiger partial charge in [-0.3, -0.25) is 0 Å². The molecule has 0 radical (unpaired) electrons. The van der Waals surface area contributed by atoms with Crippen molar-refractivity contribution in [2.45, 2.75) is 37.4 Å². The molecule has 1 atom stereocenters. The summed E-state index contributed by atoms with van der Waals surface area (Å²) in [6.45, 7) is 1.71. The number of rotatable bonds is 3. The van der Waals surface area contributed by atoms with E-state index >= 15 is 0 Å². The zero-order chi connectivity index (χ0) is 12.4. The quantitative estimate of drug-likeness (QED) is 0.767. The molecule has 0 spiro atoms. The van der Waals surface area contributed by atoms with Crippen LogP contribution in [-0.4, -0.2) is 51.3 Å². The maximum Gasteiger partial charge on any atom is 0.151 e. The van der Waals surface area contributed by atoms with Gasteiger partial charge < -0.3 is 10.6 Å². The zero-order valence-corrected chi connectivity index (χ0v) is 10.9. The summed E-state index contributed by atoms with van der Waals surface area (Å²) in [6.07, 6.45) is 2.56. The average molecular weight is 264 g/mol. The number of sulfone groups is 1. The molecule has 2 saturated heterocycles. The van der Waals surface area contributed by atoms with E-state index in [1.807, 2.05) is 0 Å². The predicted molar refractivity (Wildman–Crippen MR) is 65.6 cm³/mol. The van der Waals surface area contributed by atoms with Gasteiger partial charge in [0.1, 0.15) is 5.67 Å². The van der Waals surface area contributed by atoms with E-state index in [-0.39, 0.29) is 24.1 Å². The SMILES string of the molecule is O=S1(=O)CCCC(NCC2(F)CCNCC2)C1. The second-order valence-corrected chi connectivity index (χ2v) is 7.46. The highest BCUT2D eigenvalue weighted by atomic mass is 32.2. The van der Waals surface area contributed by atoms with Gasteiger partial charge in [0.25, 0.3) is 0 Å². The Morgan fingerprint density at radius 3 is 2.71 bits per heavy atom. The largest absolute Gasteiger partial charge is 0.316 e. The van der Waals surface area contributed by atoms with Crippen molar-refractivity contribution >= 4 is 9.84 Å². The van der Waals surface area contributed by atoms with Gasteiger partial charge in [-0.1, -0.05) is 0 Å². The molecular formula is C11H21FN2O2S. The molecule has 0 aromatic rings. The van der Waals surface area contributed by atoms with Crippen LogP contribution in [0.25, 0.3) is 0 Å². The summed E-state index contributed by atoms with van der Waals surface area (Å²) >= 11 is 0. The van der Waals surface area contributed by atoms with Crippen molar-refractivity contribution in [3.05, 3.63) is 0 Å². The van der Waals surface area contributed by atoms with Gasteiger partial charge in [0, 0.05) is 12.6 Å². The lowest BCUT2D eigenvalue weighted by atomic mass is 9.94. The minimum absolute atomic E-state index is 0.0590. The fourth-order valence-corrected chi connectivity index (χ4v) is 4.23. The van der Waals surface area contributed by atoms with Crippen LogP contribution in [0.15, 0.2) is 0 Å². The Morgan fingerprint density at radius 2 is 2.06 bits per heavy atom. The third kappa shape index (κ3) is 3.89. The van der Waals surface area contributed by atoms with Gasteiger partial charge in [0.15, 0.2) is 9.84 Å². The van der Waals surface area contributed by atoms with Gasteiger partial charge >= 0.3 is 0 Å². The molecular weight excluding hydrogens is 243 g/mol. The maximum atomic E-state index is 14.3. The minimum Gasteiger partial charge on any atom is -0.316 e. The summed E-state index contributed by atoms with van der Waals surface area (Å²) in [5, 5.41) is 6.23. The standard InChI is InChI=1S/C11H21FN2O2S/c12-11(3-5-13-6-4-11)9-14-10-2-1-7-17(15,16)8-10/h10,13-14H,1-9H2. The van der Waals surface area contributed by atoms with Crippen LogP contribution in [-0.2, 0) is 9.84 Å². The van der Waals surface area contributed by atoms with E-state index in [9.17, 15) is 12.8 Å². The molecule has 2 aliphatic heterocycles. The summed E-state index contributed by atoms with van der Waals surface area (Å²) in [5.74, 6) is 0.456. The number of hydrogen-bond acceptors (Lipinski definition) is 4. The highest BCUT2D eigenvalue weighted by molar-refractivity contribution is 7.91. The molecule has 2 N–H and O–H groups in total. The topological polar surface area (TPSA) is 58.2 Å². The molecule has 2 fully saturated rings. The molecule has 2 aliphatic rings. The molecule has 0 bridgehead atoms. The molecule has 17 heavy (non-hydrogen) atoms. The van der Waals surface area contributed by atoms with Crippen molar-refractivity contribution in [1.29, 1.82) is 0 Å². The Bertz CT molecular complexity index is 352. The molecule has 6 heteroatoms. The van der Waals surface area contributed by atoms with Crippen LogP contribution in [0, 0.1) is 0 Å². The molecule has 0 amide bonds. The van der Waals surface area contributed by atoms with Gasteiger partial charge in [-0.25, -0.2) is 12.8 Å². The van der Waals surface area contributed by atoms with E-state index in [0.717, 1.165) is 6.42 Å². The molecule has 0 aliphatic carbocycles. The summed E-state index contributed by atoms with van der Waals surface area (Å²) < 4.78 is 37.2. The second kappa shape index (κ2) is 5.20. The van der Waals surface area contributed by atoms with Gasteiger partial charge in [-0.05, 0) is 38.8 Å². The molecule has 0 aromatic heterocycles. The maximum absolute atomic E-state index is 14.3. The summed E-state index contributed by atoms with van der Waals surface area (Å²) in [6, 6.07) is -0.0590. The minimum atomic E-state index is -2.90. The molecule has 2 rings (SSSR count). The molecule has 0 saturated carbocycles. The lowest BCUT2D eigenvalue weighted by Crippen LogP contribution is -2.50. The van der Waals surface area contributed by atoms with E-state index in [1.165, 1.54) is 0 Å². The first kappa shape index (κ1) is 13.2. The molecule has 4 nitrogen and oxygen atoms in total. The number of halogens is 1. The first-order chi connectivity index (χ1) is 7.99. The molecule has 1 unspecified atom stereocenters. The number of alkyl halides is 1. The van der Waals surface area contributed by atoms with Crippen molar-refractivity contribution in [3.8, 4) is 0 Å². The van der Waals surface area contributed by atoms with E-state index in [0.29, 0.717) is 32.4 Å². The van der Waals surface area contributed by atoms with Crippen LogP contribution in [0.5, 0.6) is 0 Å². The fourth-order valence-electron chi connectivity index (χ4n) is 2.56. The molecule has 2 heterocycles. The first-order valence-corrected chi connectivity index (χ1v) is 8.15. The zero-order valence-electron chi connectivity index (χ0n) is 10.0. The van der Waals surface area contributed by atoms with Gasteiger partial charge in [-0.15, -0.1) is 0 Å². The lowest BCUT2D eigenvalue weighted by molar-refractivity contribution is 0.110. The number of piperidine rings is 1. The average Bonchev–Trinajstić information content (AvgIpc) is 2.26. The summed E-state index contributed by atoms with van der Waals surface area (Å²) in [7, 11) is -2.90. The Kier molecular flexibility index (Phi) is 4.05. The Morgan fingerprint density at radius 1 is 1.35 bits per heavy atom. The van der Waals surface area contributed by atoms with Crippen LogP contribution in [0.3, 0.4) is 0 Å². The number of nitrogens with one attached hydrogen (secondary N) is 2. The van der Waals surface area contributed by atoms with Gasteiger partial charge in [0.05, 0.1) is 11.5 Å². The summed E-state index contributed by atoms with van der Waals surface area (Å²) in [4.78, 5) is 0. The highest BCUT2D eigenvalue weighted by Gasteiger charge is 2.33. The van der Waals surface area contributed by atoms with E-state index < -0.39 is 15.5 Å². The van der Waals surface area contributed by atoms with Gasteiger partial charge in [0.2, 0.25) is 0 Å². The van der Waals surface area contributed by atoms with Gasteiger partial charge in [-0.2, -0.15) is 0 Å². The van der Waals surface area contributed by atoms with Crippen molar-refractivity contribution in [3.63, 3.8) is 0 Å². The van der Waals surface area contributed by atoms with Crippen molar-refractivity contribution in [2.75, 3.05) is 31.1 Å². The van der Waals surface area contributed by atoms with Crippen LogP contribution < -0.4 is 10.6 Å². The van der Waals surface area contributed by atoms with E-state index in [4.69, 9.17) is 0 Å². The van der Waals surface area contributed by atoms with Crippen molar-refractivity contribution < 1.29 is 12.8 Å². The Labute approximate surface area is 102 Å². The Balaban J connectivity index is 1.81. The van der Waals surface area contributed by atoms with Crippen molar-refractivity contribution in [2.24, 2.45) is 0 Å². The van der Waals surface area contributed by atoms with Crippen LogP contribution in [0.4, 0.5) is 4.39 Å². The molecule has 100 valence electrons. The van der Waals surface area contributed by atoms with Crippen LogP contribution >= 0.6 is 0 Å². The third-order valence-corrected chi connectivity index (χ3v) is 5.49. The Hall–Kier alpha value is -0.200. The monoisotopic (exact) mass is 264 g/mol. The van der Waals surface area contributed by atoms with Crippen LogP contribution in [0.1, 0.15) is 25.7 Å². The lowest BCUT2D eigenvalue weighted by Gasteiger charge is -2.33. The predicted octanol–water partition coefficient (Wildman–Crippen LogP) is 0.245. The first-order valence-electron chi connectivity index (χ1n) is 6.33. The van der Waals surface area contributed by atoms with Crippen LogP contribution in [0.2, 0.25) is 0 Å². The summed E-state index contributed by atoms with van der Waals surface area (Å²) in [5.41, 5.74) is -1.16. The third-order valence-electron chi connectivity index (χ3n) is 3.67. The fraction of sp³-hybridized carbons (Fsp3) is 1.00. The molecule has 0 aromatic carbocycles. The second-order valence-electron chi connectivity index (χ2n) is 5.24. The highest BCUT2D eigenvalue weighted by Crippen LogP contribution is 2.23. The number of hydrogen-bond donors (Lipinski definition) is 2. The normalized spacial score (nSPS) is 32.2. The smallest absolute Gasteiger partial charge is 0.151 e.